The summed E-state index contributed by atoms with van der Waals surface area (Å²) >= 11 is 0. The molecule has 0 aliphatic carbocycles. The number of aliphatic imine (C=N–C) groups is 2. The van der Waals surface area contributed by atoms with Gasteiger partial charge in [0.25, 0.3) is 0 Å². The van der Waals surface area contributed by atoms with Gasteiger partial charge in [0.05, 0.1) is 0 Å². The number of nitrogens with one attached hydrogen (secondary N) is 1. The number of hydrogen-bond acceptors (Lipinski definition) is 5. The van der Waals surface area contributed by atoms with E-state index in [2.05, 4.69) is 15.3 Å². The van der Waals surface area contributed by atoms with Crippen LogP contribution in [0.1, 0.15) is 50.7 Å². The first-order valence-corrected chi connectivity index (χ1v) is 10.9. The molecule has 0 radical (unpaired) electrons. The van der Waals surface area contributed by atoms with Crippen molar-refractivity contribution >= 4 is 23.0 Å². The Labute approximate surface area is 185 Å². The van der Waals surface area contributed by atoms with Crippen molar-refractivity contribution in [1.82, 2.24) is 5.32 Å². The van der Waals surface area contributed by atoms with Gasteiger partial charge in [-0.2, -0.15) is 0 Å². The van der Waals surface area contributed by atoms with Crippen LogP contribution in [0.15, 0.2) is 70.6 Å². The Morgan fingerprint density at radius 3 is 1.42 bits per heavy atom. The van der Waals surface area contributed by atoms with Crippen LogP contribution in [0.3, 0.4) is 0 Å². The Kier molecular flexibility index (Phi) is 11.1. The lowest BCUT2D eigenvalue weighted by molar-refractivity contribution is -0.116. The number of benzene rings is 2. The lowest BCUT2D eigenvalue weighted by Crippen LogP contribution is -2.19. The standard InChI is InChI=1S/C26H33N3O2/c1-21(30)19-25(23-11-5-3-6-12-23)28-17-9-15-27-16-10-18-29-26(20-22(2)31)24-13-7-4-8-14-24/h3-8,11-14,27H,9-10,15-20H2,1-2H3. The third-order valence-electron chi connectivity index (χ3n) is 4.68. The molecule has 0 aromatic heterocycles. The van der Waals surface area contributed by atoms with Crippen LogP contribution < -0.4 is 5.32 Å². The Balaban J connectivity index is 1.71. The average molecular weight is 420 g/mol. The number of ketones is 2. The molecule has 0 bridgehead atoms. The predicted octanol–water partition coefficient (Wildman–Crippen LogP) is 4.29. The van der Waals surface area contributed by atoms with Gasteiger partial charge in [-0.3, -0.25) is 19.6 Å². The van der Waals surface area contributed by atoms with Crippen molar-refractivity contribution in [3.05, 3.63) is 71.8 Å². The van der Waals surface area contributed by atoms with E-state index in [9.17, 15) is 9.59 Å². The fourth-order valence-corrected chi connectivity index (χ4v) is 3.19. The molecule has 5 heteroatoms. The van der Waals surface area contributed by atoms with Crippen molar-refractivity contribution in [2.45, 2.75) is 39.5 Å². The van der Waals surface area contributed by atoms with E-state index in [-0.39, 0.29) is 11.6 Å². The fraction of sp³-hybridized carbons (Fsp3) is 0.385. The van der Waals surface area contributed by atoms with Crippen molar-refractivity contribution in [2.24, 2.45) is 9.98 Å². The van der Waals surface area contributed by atoms with E-state index in [0.717, 1.165) is 48.5 Å². The molecule has 0 saturated carbocycles. The molecule has 0 atom stereocenters. The summed E-state index contributed by atoms with van der Waals surface area (Å²) < 4.78 is 0. The predicted molar refractivity (Wildman–Crippen MR) is 128 cm³/mol. The molecule has 0 heterocycles. The average Bonchev–Trinajstić information content (AvgIpc) is 2.77. The molecule has 0 saturated heterocycles. The summed E-state index contributed by atoms with van der Waals surface area (Å²) in [7, 11) is 0. The summed E-state index contributed by atoms with van der Waals surface area (Å²) in [6, 6.07) is 19.8. The van der Waals surface area contributed by atoms with Gasteiger partial charge in [-0.25, -0.2) is 0 Å². The maximum Gasteiger partial charge on any atom is 0.135 e. The van der Waals surface area contributed by atoms with Crippen molar-refractivity contribution in [3.8, 4) is 0 Å². The minimum absolute atomic E-state index is 0.126. The van der Waals surface area contributed by atoms with Crippen molar-refractivity contribution in [3.63, 3.8) is 0 Å². The normalized spacial score (nSPS) is 12.1. The molecule has 0 unspecified atom stereocenters. The van der Waals surface area contributed by atoms with Crippen LogP contribution in [0.4, 0.5) is 0 Å². The van der Waals surface area contributed by atoms with Gasteiger partial charge in [0.1, 0.15) is 11.6 Å². The van der Waals surface area contributed by atoms with E-state index >= 15 is 0 Å². The minimum atomic E-state index is 0.126. The third-order valence-corrected chi connectivity index (χ3v) is 4.68. The maximum absolute atomic E-state index is 11.5. The van der Waals surface area contributed by atoms with Crippen molar-refractivity contribution in [2.75, 3.05) is 26.2 Å². The second-order valence-corrected chi connectivity index (χ2v) is 7.60. The summed E-state index contributed by atoms with van der Waals surface area (Å²) in [6.07, 6.45) is 2.58. The number of hydrogen-bond donors (Lipinski definition) is 1. The summed E-state index contributed by atoms with van der Waals surface area (Å²) in [5, 5.41) is 3.42. The van der Waals surface area contributed by atoms with Gasteiger partial charge >= 0.3 is 0 Å². The van der Waals surface area contributed by atoms with E-state index in [4.69, 9.17) is 0 Å². The van der Waals surface area contributed by atoms with Crippen molar-refractivity contribution < 1.29 is 9.59 Å². The summed E-state index contributed by atoms with van der Waals surface area (Å²) in [5.41, 5.74) is 3.76. The summed E-state index contributed by atoms with van der Waals surface area (Å²) in [6.45, 7) is 6.33. The van der Waals surface area contributed by atoms with Crippen LogP contribution >= 0.6 is 0 Å². The second-order valence-electron chi connectivity index (χ2n) is 7.60. The highest BCUT2D eigenvalue weighted by Crippen LogP contribution is 2.07. The quantitative estimate of drug-likeness (QED) is 0.367. The van der Waals surface area contributed by atoms with Gasteiger partial charge in [0.15, 0.2) is 0 Å². The molecule has 5 nitrogen and oxygen atoms in total. The van der Waals surface area contributed by atoms with E-state index in [1.165, 1.54) is 0 Å². The molecule has 31 heavy (non-hydrogen) atoms. The molecule has 164 valence electrons. The SMILES string of the molecule is CC(=O)CC(=NCCCNCCCN=C(CC(C)=O)c1ccccc1)c1ccccc1. The van der Waals surface area contributed by atoms with Gasteiger partial charge in [0, 0.05) is 37.4 Å². The maximum atomic E-state index is 11.5. The summed E-state index contributed by atoms with van der Waals surface area (Å²) in [4.78, 5) is 32.4. The lowest BCUT2D eigenvalue weighted by Gasteiger charge is -2.07. The first kappa shape index (κ1) is 24.4. The van der Waals surface area contributed by atoms with Crippen LogP contribution in [-0.2, 0) is 9.59 Å². The van der Waals surface area contributed by atoms with Crippen LogP contribution in [0.2, 0.25) is 0 Å². The van der Waals surface area contributed by atoms with Crippen LogP contribution in [0, 0.1) is 0 Å². The van der Waals surface area contributed by atoms with E-state index in [1.54, 1.807) is 13.8 Å². The minimum Gasteiger partial charge on any atom is -0.317 e. The number of carbonyl (C=O) groups is 2. The van der Waals surface area contributed by atoms with E-state index < -0.39 is 0 Å². The highest BCUT2D eigenvalue weighted by atomic mass is 16.1. The molecular formula is C26H33N3O2. The Morgan fingerprint density at radius 1 is 0.677 bits per heavy atom. The molecule has 0 aliphatic heterocycles. The smallest absolute Gasteiger partial charge is 0.135 e. The summed E-state index contributed by atoms with van der Waals surface area (Å²) in [5.74, 6) is 0.252. The van der Waals surface area contributed by atoms with Gasteiger partial charge in [-0.05, 0) is 50.9 Å². The molecule has 2 aromatic carbocycles. The van der Waals surface area contributed by atoms with Crippen LogP contribution in [-0.4, -0.2) is 49.2 Å². The van der Waals surface area contributed by atoms with E-state index in [1.807, 2.05) is 60.7 Å². The molecule has 0 fully saturated rings. The highest BCUT2D eigenvalue weighted by molar-refractivity contribution is 6.11. The number of nitrogens with zero attached hydrogens (tertiary/aromatic N) is 2. The molecule has 0 aliphatic rings. The zero-order chi connectivity index (χ0) is 22.3. The Hall–Kier alpha value is -2.92. The molecule has 1 N–H and O–H groups in total. The van der Waals surface area contributed by atoms with Crippen molar-refractivity contribution in [1.29, 1.82) is 0 Å². The fourth-order valence-electron chi connectivity index (χ4n) is 3.19. The Bertz CT molecular complexity index is 801. The monoisotopic (exact) mass is 419 g/mol. The molecule has 0 spiro atoms. The van der Waals surface area contributed by atoms with E-state index in [0.29, 0.717) is 25.9 Å². The van der Waals surface area contributed by atoms with Gasteiger partial charge in [-0.15, -0.1) is 0 Å². The zero-order valence-corrected chi connectivity index (χ0v) is 18.6. The largest absolute Gasteiger partial charge is 0.317 e. The van der Waals surface area contributed by atoms with Crippen LogP contribution in [0.5, 0.6) is 0 Å². The Morgan fingerprint density at radius 2 is 1.06 bits per heavy atom. The zero-order valence-electron chi connectivity index (χ0n) is 18.6. The molecule has 2 aromatic rings. The van der Waals surface area contributed by atoms with Crippen LogP contribution in [0.25, 0.3) is 0 Å². The number of Topliss-reactive ketones (excluding diaryl/α,β-unsaturated/α-hetero) is 2. The highest BCUT2D eigenvalue weighted by Gasteiger charge is 2.07. The topological polar surface area (TPSA) is 70.9 Å². The van der Waals surface area contributed by atoms with Gasteiger partial charge in [0.2, 0.25) is 0 Å². The van der Waals surface area contributed by atoms with Gasteiger partial charge < -0.3 is 5.32 Å². The lowest BCUT2D eigenvalue weighted by atomic mass is 10.1. The molecular weight excluding hydrogens is 386 g/mol. The van der Waals surface area contributed by atoms with Gasteiger partial charge in [-0.1, -0.05) is 60.7 Å². The second kappa shape index (κ2) is 14.1. The third kappa shape index (κ3) is 10.1. The first-order chi connectivity index (χ1) is 15.1. The molecule has 0 amide bonds. The first-order valence-electron chi connectivity index (χ1n) is 10.9. The number of rotatable bonds is 14. The molecule has 2 rings (SSSR count). The number of carbonyl (C=O) groups excluding carboxylic acids is 2.